The molecule has 1 aliphatic heterocycles. The van der Waals surface area contributed by atoms with E-state index in [1.807, 2.05) is 17.7 Å². The quantitative estimate of drug-likeness (QED) is 0.275. The molecule has 1 aromatic carbocycles. The van der Waals surface area contributed by atoms with Crippen molar-refractivity contribution < 1.29 is 14.7 Å². The summed E-state index contributed by atoms with van der Waals surface area (Å²) in [4.78, 5) is 30.8. The fourth-order valence-electron chi connectivity index (χ4n) is 4.49. The summed E-state index contributed by atoms with van der Waals surface area (Å²) in [6.45, 7) is 2.26. The molecule has 3 heterocycles. The predicted molar refractivity (Wildman–Crippen MR) is 150 cm³/mol. The average Bonchev–Trinajstić information content (AvgIpc) is 3.58. The zero-order chi connectivity index (χ0) is 25.8. The Hall–Kier alpha value is -3.56. The highest BCUT2D eigenvalue weighted by Gasteiger charge is 2.18. The van der Waals surface area contributed by atoms with Gasteiger partial charge >= 0.3 is 0 Å². The lowest BCUT2D eigenvalue weighted by molar-refractivity contribution is 0.0949. The second-order valence-electron chi connectivity index (χ2n) is 9.20. The van der Waals surface area contributed by atoms with Gasteiger partial charge in [0.15, 0.2) is 0 Å². The van der Waals surface area contributed by atoms with Crippen molar-refractivity contribution >= 4 is 46.4 Å². The van der Waals surface area contributed by atoms with Gasteiger partial charge in [0, 0.05) is 30.3 Å². The van der Waals surface area contributed by atoms with Crippen molar-refractivity contribution in [1.29, 1.82) is 0 Å². The largest absolute Gasteiger partial charge is 0.506 e. The SMILES string of the molecule is C/C(=N\NC(=O)c1ccc(C(=O)NCC2C=CN=CC2)s1)c1csc(-c2ccc3c(c2)CCCC3)c1O. The number of carbonyl (C=O) groups excluding carboxylic acids is 2. The van der Waals surface area contributed by atoms with Gasteiger partial charge in [0.1, 0.15) is 5.75 Å². The molecule has 2 amide bonds. The second-order valence-corrected chi connectivity index (χ2v) is 11.2. The Kier molecular flexibility index (Phi) is 7.62. The molecule has 0 spiro atoms. The van der Waals surface area contributed by atoms with Crippen molar-refractivity contribution in [3.63, 3.8) is 0 Å². The third kappa shape index (κ3) is 5.73. The average molecular weight is 533 g/mol. The number of nitrogens with one attached hydrogen (secondary N) is 2. The van der Waals surface area contributed by atoms with Crippen LogP contribution in [0.3, 0.4) is 0 Å². The fourth-order valence-corrected chi connectivity index (χ4v) is 6.30. The van der Waals surface area contributed by atoms with E-state index in [9.17, 15) is 14.7 Å². The number of hydrogen-bond acceptors (Lipinski definition) is 7. The molecular weight excluding hydrogens is 504 g/mol. The normalized spacial score (nSPS) is 16.9. The minimum Gasteiger partial charge on any atom is -0.506 e. The van der Waals surface area contributed by atoms with E-state index in [1.54, 1.807) is 25.3 Å². The van der Waals surface area contributed by atoms with Crippen LogP contribution in [0.25, 0.3) is 10.4 Å². The number of thiophene rings is 2. The number of hydrazone groups is 1. The summed E-state index contributed by atoms with van der Waals surface area (Å²) in [5, 5.41) is 19.9. The van der Waals surface area contributed by atoms with Gasteiger partial charge in [0.2, 0.25) is 0 Å². The lowest BCUT2D eigenvalue weighted by Crippen LogP contribution is -2.28. The van der Waals surface area contributed by atoms with E-state index < -0.39 is 5.91 Å². The maximum Gasteiger partial charge on any atom is 0.281 e. The molecule has 2 aliphatic rings. The number of aromatic hydroxyl groups is 1. The van der Waals surface area contributed by atoms with Gasteiger partial charge in [0.25, 0.3) is 11.8 Å². The number of hydrogen-bond donors (Lipinski definition) is 3. The van der Waals surface area contributed by atoms with E-state index in [2.05, 4.69) is 39.0 Å². The van der Waals surface area contributed by atoms with Gasteiger partial charge in [-0.1, -0.05) is 18.2 Å². The van der Waals surface area contributed by atoms with E-state index in [-0.39, 0.29) is 17.6 Å². The summed E-state index contributed by atoms with van der Waals surface area (Å²) in [6, 6.07) is 9.67. The van der Waals surface area contributed by atoms with Crippen LogP contribution in [0.5, 0.6) is 5.75 Å². The first-order chi connectivity index (χ1) is 18.0. The van der Waals surface area contributed by atoms with Crippen LogP contribution in [0.4, 0.5) is 0 Å². The van der Waals surface area contributed by atoms with Gasteiger partial charge in [0.05, 0.1) is 25.9 Å². The van der Waals surface area contributed by atoms with Crippen LogP contribution in [0.15, 0.2) is 58.1 Å². The third-order valence-corrected chi connectivity index (χ3v) is 8.73. The molecule has 37 heavy (non-hydrogen) atoms. The molecule has 7 nitrogen and oxygen atoms in total. The number of rotatable bonds is 7. The Morgan fingerprint density at radius 2 is 1.89 bits per heavy atom. The Balaban J connectivity index is 1.21. The number of benzene rings is 1. The van der Waals surface area contributed by atoms with Crippen molar-refractivity contribution in [1.82, 2.24) is 10.7 Å². The molecular formula is C28H28N4O3S2. The summed E-state index contributed by atoms with van der Waals surface area (Å²) in [5.74, 6) is -0.217. The molecule has 1 atom stereocenters. The maximum atomic E-state index is 12.6. The van der Waals surface area contributed by atoms with Crippen LogP contribution >= 0.6 is 22.7 Å². The second kappa shape index (κ2) is 11.2. The highest BCUT2D eigenvalue weighted by Crippen LogP contribution is 2.40. The standard InChI is InChI=1S/C28H28N4O3S2/c1-17(22-16-36-26(25(22)33)21-7-6-19-4-2-3-5-20(19)14-21)31-32-28(35)24-9-8-23(37-24)27(34)30-15-18-10-12-29-13-11-18/h6-10,12-14,16,18,33H,2-5,11,15H2,1H3,(H,30,34)(H,32,35)/b31-17+. The number of aliphatic imine (C=N–C) groups is 1. The first-order valence-electron chi connectivity index (χ1n) is 12.3. The number of aryl methyl sites for hydroxylation is 2. The monoisotopic (exact) mass is 532 g/mol. The maximum absolute atomic E-state index is 12.6. The zero-order valence-corrected chi connectivity index (χ0v) is 22.1. The number of carbonyl (C=O) groups is 2. The molecule has 0 saturated carbocycles. The van der Waals surface area contributed by atoms with Crippen LogP contribution in [0.2, 0.25) is 0 Å². The summed E-state index contributed by atoms with van der Waals surface area (Å²) < 4.78 is 0. The van der Waals surface area contributed by atoms with Gasteiger partial charge in [-0.25, -0.2) is 5.43 Å². The summed E-state index contributed by atoms with van der Waals surface area (Å²) in [5.41, 5.74) is 7.41. The van der Waals surface area contributed by atoms with Crippen molar-refractivity contribution in [3.05, 3.63) is 74.4 Å². The summed E-state index contributed by atoms with van der Waals surface area (Å²) >= 11 is 2.58. The summed E-state index contributed by atoms with van der Waals surface area (Å²) in [6.07, 6.45) is 11.0. The van der Waals surface area contributed by atoms with Gasteiger partial charge in [-0.15, -0.1) is 22.7 Å². The minimum absolute atomic E-state index is 0.172. The molecule has 1 unspecified atom stereocenters. The van der Waals surface area contributed by atoms with E-state index in [1.165, 1.54) is 35.3 Å². The number of fused-ring (bicyclic) bond motifs is 1. The summed E-state index contributed by atoms with van der Waals surface area (Å²) in [7, 11) is 0. The zero-order valence-electron chi connectivity index (χ0n) is 20.5. The van der Waals surface area contributed by atoms with Crippen molar-refractivity contribution in [2.75, 3.05) is 6.54 Å². The first-order valence-corrected chi connectivity index (χ1v) is 14.0. The molecule has 5 rings (SSSR count). The van der Waals surface area contributed by atoms with Crippen LogP contribution in [0.1, 0.15) is 62.2 Å². The molecule has 0 radical (unpaired) electrons. The lowest BCUT2D eigenvalue weighted by Gasteiger charge is -2.16. The Labute approximate surface area is 223 Å². The first kappa shape index (κ1) is 25.1. The third-order valence-electron chi connectivity index (χ3n) is 6.63. The van der Waals surface area contributed by atoms with Crippen molar-refractivity contribution in [2.45, 2.75) is 39.0 Å². The van der Waals surface area contributed by atoms with Crippen molar-refractivity contribution in [3.8, 4) is 16.2 Å². The van der Waals surface area contributed by atoms with E-state index in [4.69, 9.17) is 0 Å². The van der Waals surface area contributed by atoms with Gasteiger partial charge in [-0.2, -0.15) is 5.10 Å². The van der Waals surface area contributed by atoms with Crippen molar-refractivity contribution in [2.24, 2.45) is 16.0 Å². The van der Waals surface area contributed by atoms with Gasteiger partial charge < -0.3 is 10.4 Å². The smallest absolute Gasteiger partial charge is 0.281 e. The molecule has 3 aromatic rings. The van der Waals surface area contributed by atoms with E-state index in [0.29, 0.717) is 27.6 Å². The molecule has 3 N–H and O–H groups in total. The Morgan fingerprint density at radius 3 is 2.68 bits per heavy atom. The van der Waals surface area contributed by atoms with Gasteiger partial charge in [-0.3, -0.25) is 14.6 Å². The Morgan fingerprint density at radius 1 is 1.11 bits per heavy atom. The molecule has 0 fully saturated rings. The minimum atomic E-state index is -0.403. The topological polar surface area (TPSA) is 103 Å². The number of nitrogens with zero attached hydrogens (tertiary/aromatic N) is 2. The molecule has 9 heteroatoms. The van der Waals surface area contributed by atoms with E-state index in [0.717, 1.165) is 41.0 Å². The van der Waals surface area contributed by atoms with Crippen LogP contribution in [0, 0.1) is 5.92 Å². The van der Waals surface area contributed by atoms with Crippen LogP contribution in [-0.4, -0.2) is 35.4 Å². The lowest BCUT2D eigenvalue weighted by atomic mass is 9.90. The predicted octanol–water partition coefficient (Wildman–Crippen LogP) is 5.55. The molecule has 2 aromatic heterocycles. The Bertz CT molecular complexity index is 1420. The molecule has 0 bridgehead atoms. The van der Waals surface area contributed by atoms with Crippen LogP contribution in [-0.2, 0) is 12.8 Å². The molecule has 190 valence electrons. The van der Waals surface area contributed by atoms with E-state index >= 15 is 0 Å². The highest BCUT2D eigenvalue weighted by atomic mass is 32.1. The molecule has 0 saturated heterocycles. The number of amides is 2. The molecule has 1 aliphatic carbocycles. The van der Waals surface area contributed by atoms with Crippen LogP contribution < -0.4 is 10.7 Å². The fraction of sp³-hybridized carbons (Fsp3) is 0.286. The van der Waals surface area contributed by atoms with Gasteiger partial charge in [-0.05, 0) is 73.9 Å². The highest BCUT2D eigenvalue weighted by molar-refractivity contribution is 7.16.